The van der Waals surface area contributed by atoms with E-state index in [1.807, 2.05) is 26.0 Å². The van der Waals surface area contributed by atoms with E-state index in [1.54, 1.807) is 0 Å². The van der Waals surface area contributed by atoms with Gasteiger partial charge in [-0.15, -0.1) is 0 Å². The first-order valence-electron chi connectivity index (χ1n) is 5.26. The average molecular weight is 412 g/mol. The summed E-state index contributed by atoms with van der Waals surface area (Å²) in [6.45, 7) is 3.96. The minimum absolute atomic E-state index is 0. The Bertz CT molecular complexity index is 812. The Morgan fingerprint density at radius 3 is 2.56 bits per heavy atom. The standard InChI is InChI=1S/C12H11N3O2.W/c1-6-3-8-9(4-7(6)2)15-10(5-13-8)11(16)14-12(15)17;/h3-5H,1-2H3,(H2,13,14,16,17);/p-1. The molecule has 5 nitrogen and oxygen atoms in total. The van der Waals surface area contributed by atoms with Gasteiger partial charge in [0.15, 0.2) is 11.2 Å². The minimum atomic E-state index is -0.521. The number of rotatable bonds is 0. The molecule has 0 saturated heterocycles. The fourth-order valence-electron chi connectivity index (χ4n) is 2.00. The third-order valence-electron chi connectivity index (χ3n) is 3.07. The number of hydrogen-bond donors (Lipinski definition) is 1. The van der Waals surface area contributed by atoms with E-state index in [4.69, 9.17) is 0 Å². The van der Waals surface area contributed by atoms with E-state index in [0.717, 1.165) is 16.6 Å². The zero-order valence-corrected chi connectivity index (χ0v) is 12.8. The maximum atomic E-state index is 11.6. The number of fused-ring (bicyclic) bond motifs is 3. The zero-order valence-electron chi connectivity index (χ0n) is 9.85. The van der Waals surface area contributed by atoms with Crippen LogP contribution in [0.4, 0.5) is 0 Å². The van der Waals surface area contributed by atoms with E-state index in [2.05, 4.69) is 9.97 Å². The summed E-state index contributed by atoms with van der Waals surface area (Å²) in [5.74, 6) is 0. The number of H-pyrrole nitrogens is 1. The number of imidazole rings is 1. The SMILES string of the molecule is Cc1cc2[nH]cc3c(=O)[n-]c(=O)n-3c2cc1C.[W]. The first-order valence-corrected chi connectivity index (χ1v) is 5.26. The van der Waals surface area contributed by atoms with Gasteiger partial charge in [-0.25, -0.2) is 0 Å². The number of aromatic nitrogens is 3. The zero-order chi connectivity index (χ0) is 12.2. The van der Waals surface area contributed by atoms with Crippen LogP contribution in [0.15, 0.2) is 27.9 Å². The van der Waals surface area contributed by atoms with E-state index in [1.165, 1.54) is 10.8 Å². The summed E-state index contributed by atoms with van der Waals surface area (Å²) < 4.78 is 1.35. The predicted molar refractivity (Wildman–Crippen MR) is 64.1 cm³/mol. The monoisotopic (exact) mass is 412 g/mol. The van der Waals surface area contributed by atoms with Crippen LogP contribution < -0.4 is 16.2 Å². The van der Waals surface area contributed by atoms with Crippen LogP contribution in [0.2, 0.25) is 0 Å². The smallest absolute Gasteiger partial charge is 0.178 e. The molecule has 2 aliphatic rings. The molecule has 0 saturated carbocycles. The van der Waals surface area contributed by atoms with Gasteiger partial charge in [-0.2, -0.15) is 0 Å². The van der Waals surface area contributed by atoms with Crippen LogP contribution in [0, 0.1) is 13.8 Å². The Morgan fingerprint density at radius 1 is 1.17 bits per heavy atom. The van der Waals surface area contributed by atoms with Crippen LogP contribution in [-0.2, 0) is 21.1 Å². The number of benzene rings is 1. The largest absolute Gasteiger partial charge is 0.377 e. The van der Waals surface area contributed by atoms with Gasteiger partial charge in [0.2, 0.25) is 0 Å². The second-order valence-corrected chi connectivity index (χ2v) is 4.16. The Balaban J connectivity index is 0.00000120. The summed E-state index contributed by atoms with van der Waals surface area (Å²) in [5, 5.41) is 0. The maximum absolute atomic E-state index is 11.6. The molecule has 2 heterocycles. The van der Waals surface area contributed by atoms with Gasteiger partial charge in [0.05, 0.1) is 0 Å². The number of aromatic amines is 1. The molecule has 0 unspecified atom stereocenters. The van der Waals surface area contributed by atoms with Gasteiger partial charge in [0.1, 0.15) is 0 Å². The van der Waals surface area contributed by atoms with Crippen molar-refractivity contribution in [1.82, 2.24) is 14.5 Å². The van der Waals surface area contributed by atoms with Crippen molar-refractivity contribution in [2.45, 2.75) is 13.8 Å². The summed E-state index contributed by atoms with van der Waals surface area (Å²) in [5.41, 5.74) is 2.96. The second kappa shape index (κ2) is 4.25. The van der Waals surface area contributed by atoms with Crippen LogP contribution in [-0.4, -0.2) is 9.55 Å². The summed E-state index contributed by atoms with van der Waals surface area (Å²) in [6, 6.07) is 3.84. The molecule has 1 aromatic carbocycles. The van der Waals surface area contributed by atoms with Gasteiger partial charge in [0.25, 0.3) is 0 Å². The number of nitrogens with one attached hydrogen (secondary N) is 1. The van der Waals surface area contributed by atoms with Crippen molar-refractivity contribution in [2.24, 2.45) is 0 Å². The van der Waals surface area contributed by atoms with Crippen molar-refractivity contribution in [3.05, 3.63) is 50.3 Å². The molecule has 1 N–H and O–H groups in total. The van der Waals surface area contributed by atoms with Gasteiger partial charge in [-0.1, -0.05) is 6.07 Å². The normalized spacial score (nSPS) is 10.8. The first kappa shape index (κ1) is 12.8. The molecule has 0 aromatic heterocycles. The fraction of sp³-hybridized carbons (Fsp3) is 0.167. The third-order valence-corrected chi connectivity index (χ3v) is 3.07. The van der Waals surface area contributed by atoms with E-state index in [-0.39, 0.29) is 26.8 Å². The van der Waals surface area contributed by atoms with Crippen LogP contribution in [0.25, 0.3) is 16.7 Å². The molecule has 0 fully saturated rings. The van der Waals surface area contributed by atoms with Gasteiger partial charge >= 0.3 is 0 Å². The molecule has 0 spiro atoms. The third kappa shape index (κ3) is 1.66. The average Bonchev–Trinajstić information content (AvgIpc) is 2.56. The van der Waals surface area contributed by atoms with Crippen LogP contribution in [0.1, 0.15) is 11.1 Å². The Hall–Kier alpha value is -1.61. The molecular formula is C12H10N3O2W-. The molecule has 0 radical (unpaired) electrons. The molecule has 6 heteroatoms. The maximum Gasteiger partial charge on any atom is 0.178 e. The van der Waals surface area contributed by atoms with Gasteiger partial charge in [-0.05, 0) is 36.6 Å². The summed E-state index contributed by atoms with van der Waals surface area (Å²) >= 11 is 0. The molecule has 0 amide bonds. The number of nitrogens with zero attached hydrogens (tertiary/aromatic N) is 2. The van der Waals surface area contributed by atoms with Crippen LogP contribution >= 0.6 is 0 Å². The molecule has 2 aliphatic heterocycles. The van der Waals surface area contributed by atoms with Gasteiger partial charge < -0.3 is 14.5 Å². The summed E-state index contributed by atoms with van der Waals surface area (Å²) in [6.07, 6.45) is 1.52. The molecule has 92 valence electrons. The molecule has 1 aromatic rings. The van der Waals surface area contributed by atoms with Crippen molar-refractivity contribution in [2.75, 3.05) is 0 Å². The van der Waals surface area contributed by atoms with E-state index < -0.39 is 11.2 Å². The second-order valence-electron chi connectivity index (χ2n) is 4.16. The Kier molecular flexibility index (Phi) is 3.03. The van der Waals surface area contributed by atoms with Crippen LogP contribution in [0.5, 0.6) is 0 Å². The topological polar surface area (TPSA) is 69.0 Å². The van der Waals surface area contributed by atoms with E-state index in [0.29, 0.717) is 5.52 Å². The molecule has 0 atom stereocenters. The fourth-order valence-corrected chi connectivity index (χ4v) is 2.00. The van der Waals surface area contributed by atoms with Gasteiger partial charge in [0, 0.05) is 38.5 Å². The van der Waals surface area contributed by atoms with Crippen LogP contribution in [0.3, 0.4) is 0 Å². The Labute approximate surface area is 116 Å². The molecule has 0 bridgehead atoms. The molecular weight excluding hydrogens is 402 g/mol. The van der Waals surface area contributed by atoms with Crippen molar-refractivity contribution >= 4 is 11.0 Å². The summed E-state index contributed by atoms with van der Waals surface area (Å²) in [7, 11) is 0. The van der Waals surface area contributed by atoms with E-state index in [9.17, 15) is 9.59 Å². The molecule has 18 heavy (non-hydrogen) atoms. The molecule has 3 rings (SSSR count). The van der Waals surface area contributed by atoms with Crippen molar-refractivity contribution in [3.8, 4) is 5.69 Å². The predicted octanol–water partition coefficient (Wildman–Crippen LogP) is 0.688. The number of hydrogen-bond acceptors (Lipinski definition) is 2. The molecule has 0 aliphatic carbocycles. The van der Waals surface area contributed by atoms with Gasteiger partial charge in [-0.3, -0.25) is 9.59 Å². The number of aryl methyl sites for hydroxylation is 2. The van der Waals surface area contributed by atoms with Crippen molar-refractivity contribution < 1.29 is 21.1 Å². The van der Waals surface area contributed by atoms with Crippen molar-refractivity contribution in [3.63, 3.8) is 0 Å². The summed E-state index contributed by atoms with van der Waals surface area (Å²) in [4.78, 5) is 29.5. The Morgan fingerprint density at radius 2 is 1.83 bits per heavy atom. The first-order chi connectivity index (χ1) is 8.08. The quantitative estimate of drug-likeness (QED) is 0.591. The minimum Gasteiger partial charge on any atom is -0.377 e. The van der Waals surface area contributed by atoms with Crippen molar-refractivity contribution in [1.29, 1.82) is 0 Å². The van der Waals surface area contributed by atoms with E-state index >= 15 is 0 Å².